The van der Waals surface area contributed by atoms with E-state index in [0.717, 1.165) is 6.42 Å². The lowest BCUT2D eigenvalue weighted by Crippen LogP contribution is -2.45. The molecule has 0 rings (SSSR count). The van der Waals surface area contributed by atoms with Gasteiger partial charge < -0.3 is 10.4 Å². The Hall–Kier alpha value is -1.40. The van der Waals surface area contributed by atoms with Gasteiger partial charge in [-0.1, -0.05) is 13.0 Å². The standard InChI is InChI=1S/C11H21N3O3/c1-3-5-12-11(17)13-10(16)9-14(6-4-2)7-8-15/h4,15H,2-3,5-9H2,1H3,(H2,12,13,16,17). The van der Waals surface area contributed by atoms with E-state index >= 15 is 0 Å². The first-order valence-corrected chi connectivity index (χ1v) is 5.65. The molecule has 0 bridgehead atoms. The van der Waals surface area contributed by atoms with Crippen LogP contribution in [0.5, 0.6) is 0 Å². The number of rotatable bonds is 8. The molecule has 0 radical (unpaired) electrons. The number of nitrogens with zero attached hydrogens (tertiary/aromatic N) is 1. The van der Waals surface area contributed by atoms with E-state index in [9.17, 15) is 9.59 Å². The van der Waals surface area contributed by atoms with Gasteiger partial charge in [-0.25, -0.2) is 4.79 Å². The average molecular weight is 243 g/mol. The van der Waals surface area contributed by atoms with Gasteiger partial charge in [0.2, 0.25) is 5.91 Å². The number of hydrogen-bond donors (Lipinski definition) is 3. The predicted octanol–water partition coefficient (Wildman–Crippen LogP) is -0.297. The first-order chi connectivity index (χ1) is 8.13. The highest BCUT2D eigenvalue weighted by atomic mass is 16.3. The third kappa shape index (κ3) is 8.41. The molecular weight excluding hydrogens is 222 g/mol. The van der Waals surface area contributed by atoms with Crippen molar-refractivity contribution in [3.05, 3.63) is 12.7 Å². The van der Waals surface area contributed by atoms with Gasteiger partial charge in [-0.3, -0.25) is 15.0 Å². The van der Waals surface area contributed by atoms with Crippen LogP contribution in [0.1, 0.15) is 13.3 Å². The SMILES string of the molecule is C=CCN(CCO)CC(=O)NC(=O)NCCC. The second-order valence-electron chi connectivity index (χ2n) is 3.55. The molecule has 0 aromatic rings. The molecule has 0 atom stereocenters. The highest BCUT2D eigenvalue weighted by Crippen LogP contribution is 1.87. The molecule has 98 valence electrons. The van der Waals surface area contributed by atoms with Crippen molar-refractivity contribution in [3.8, 4) is 0 Å². The van der Waals surface area contributed by atoms with Crippen molar-refractivity contribution in [2.45, 2.75) is 13.3 Å². The summed E-state index contributed by atoms with van der Waals surface area (Å²) in [6.45, 7) is 6.90. The molecular formula is C11H21N3O3. The number of aliphatic hydroxyl groups is 1. The van der Waals surface area contributed by atoms with E-state index in [2.05, 4.69) is 17.2 Å². The molecule has 0 aromatic carbocycles. The number of carbonyl (C=O) groups is 2. The van der Waals surface area contributed by atoms with E-state index in [-0.39, 0.29) is 13.2 Å². The molecule has 6 heteroatoms. The third-order valence-electron chi connectivity index (χ3n) is 1.96. The molecule has 0 aliphatic carbocycles. The summed E-state index contributed by atoms with van der Waals surface area (Å²) in [5.41, 5.74) is 0. The minimum Gasteiger partial charge on any atom is -0.395 e. The third-order valence-corrected chi connectivity index (χ3v) is 1.96. The molecule has 0 aliphatic heterocycles. The van der Waals surface area contributed by atoms with Gasteiger partial charge in [0, 0.05) is 19.6 Å². The van der Waals surface area contributed by atoms with Crippen LogP contribution in [-0.2, 0) is 4.79 Å². The molecule has 0 aromatic heterocycles. The summed E-state index contributed by atoms with van der Waals surface area (Å²) in [4.78, 5) is 24.3. The van der Waals surface area contributed by atoms with E-state index in [1.807, 2.05) is 6.92 Å². The maximum Gasteiger partial charge on any atom is 0.321 e. The maximum absolute atomic E-state index is 11.4. The lowest BCUT2D eigenvalue weighted by atomic mass is 10.4. The summed E-state index contributed by atoms with van der Waals surface area (Å²) in [7, 11) is 0. The summed E-state index contributed by atoms with van der Waals surface area (Å²) >= 11 is 0. The molecule has 0 heterocycles. The second-order valence-corrected chi connectivity index (χ2v) is 3.55. The molecule has 0 aliphatic rings. The van der Waals surface area contributed by atoms with Gasteiger partial charge in [-0.2, -0.15) is 0 Å². The average Bonchev–Trinajstić information content (AvgIpc) is 2.26. The Morgan fingerprint density at radius 1 is 1.47 bits per heavy atom. The normalized spacial score (nSPS) is 10.1. The lowest BCUT2D eigenvalue weighted by Gasteiger charge is -2.18. The fourth-order valence-electron chi connectivity index (χ4n) is 1.21. The van der Waals surface area contributed by atoms with Crippen molar-refractivity contribution in [3.63, 3.8) is 0 Å². The van der Waals surface area contributed by atoms with Crippen LogP contribution in [0.3, 0.4) is 0 Å². The van der Waals surface area contributed by atoms with E-state index in [1.165, 1.54) is 0 Å². The molecule has 0 unspecified atom stereocenters. The highest BCUT2D eigenvalue weighted by Gasteiger charge is 2.11. The van der Waals surface area contributed by atoms with Gasteiger partial charge >= 0.3 is 6.03 Å². The molecule has 0 spiro atoms. The number of carbonyl (C=O) groups excluding carboxylic acids is 2. The number of nitrogens with one attached hydrogen (secondary N) is 2. The zero-order valence-electron chi connectivity index (χ0n) is 10.2. The van der Waals surface area contributed by atoms with Crippen LogP contribution >= 0.6 is 0 Å². The number of amides is 3. The summed E-state index contributed by atoms with van der Waals surface area (Å²) in [6.07, 6.45) is 2.45. The minimum atomic E-state index is -0.487. The summed E-state index contributed by atoms with van der Waals surface area (Å²) in [5.74, 6) is -0.395. The Morgan fingerprint density at radius 3 is 2.71 bits per heavy atom. The van der Waals surface area contributed by atoms with Gasteiger partial charge in [-0.05, 0) is 6.42 Å². The van der Waals surface area contributed by atoms with Gasteiger partial charge in [0.25, 0.3) is 0 Å². The zero-order chi connectivity index (χ0) is 13.1. The maximum atomic E-state index is 11.4. The number of aliphatic hydroxyl groups excluding tert-OH is 1. The Kier molecular flexibility index (Phi) is 8.99. The first kappa shape index (κ1) is 15.6. The van der Waals surface area contributed by atoms with Gasteiger partial charge in [-0.15, -0.1) is 6.58 Å². The number of imide groups is 1. The van der Waals surface area contributed by atoms with Crippen molar-refractivity contribution in [1.82, 2.24) is 15.5 Å². The van der Waals surface area contributed by atoms with Crippen LogP contribution in [0.15, 0.2) is 12.7 Å². The molecule has 0 saturated carbocycles. The van der Waals surface area contributed by atoms with Crippen molar-refractivity contribution >= 4 is 11.9 Å². The zero-order valence-corrected chi connectivity index (χ0v) is 10.2. The summed E-state index contributed by atoms with van der Waals surface area (Å²) in [6, 6.07) is -0.487. The highest BCUT2D eigenvalue weighted by molar-refractivity contribution is 5.95. The summed E-state index contributed by atoms with van der Waals surface area (Å²) in [5, 5.41) is 13.5. The Labute approximate surface area is 102 Å². The Bertz CT molecular complexity index is 256. The molecule has 17 heavy (non-hydrogen) atoms. The van der Waals surface area contributed by atoms with E-state index in [1.54, 1.807) is 11.0 Å². The van der Waals surface area contributed by atoms with Crippen molar-refractivity contribution in [2.75, 3.05) is 32.8 Å². The van der Waals surface area contributed by atoms with E-state index in [0.29, 0.717) is 19.6 Å². The molecule has 3 N–H and O–H groups in total. The number of hydrogen-bond acceptors (Lipinski definition) is 4. The van der Waals surface area contributed by atoms with Gasteiger partial charge in [0.1, 0.15) is 0 Å². The fourth-order valence-corrected chi connectivity index (χ4v) is 1.21. The van der Waals surface area contributed by atoms with E-state index < -0.39 is 11.9 Å². The quantitative estimate of drug-likeness (QED) is 0.511. The topological polar surface area (TPSA) is 81.7 Å². The van der Waals surface area contributed by atoms with Crippen molar-refractivity contribution < 1.29 is 14.7 Å². The lowest BCUT2D eigenvalue weighted by molar-refractivity contribution is -0.121. The van der Waals surface area contributed by atoms with Crippen LogP contribution < -0.4 is 10.6 Å². The van der Waals surface area contributed by atoms with Crippen LogP contribution in [0.4, 0.5) is 4.79 Å². The fraction of sp³-hybridized carbons (Fsp3) is 0.636. The smallest absolute Gasteiger partial charge is 0.321 e. The largest absolute Gasteiger partial charge is 0.395 e. The van der Waals surface area contributed by atoms with Crippen LogP contribution in [0.2, 0.25) is 0 Å². The van der Waals surface area contributed by atoms with Crippen molar-refractivity contribution in [1.29, 1.82) is 0 Å². The predicted molar refractivity (Wildman–Crippen MR) is 65.6 cm³/mol. The van der Waals surface area contributed by atoms with Crippen molar-refractivity contribution in [2.24, 2.45) is 0 Å². The first-order valence-electron chi connectivity index (χ1n) is 5.65. The molecule has 0 fully saturated rings. The van der Waals surface area contributed by atoms with Crippen LogP contribution in [-0.4, -0.2) is 54.7 Å². The summed E-state index contributed by atoms with van der Waals surface area (Å²) < 4.78 is 0. The van der Waals surface area contributed by atoms with Crippen LogP contribution in [0, 0.1) is 0 Å². The Morgan fingerprint density at radius 2 is 2.18 bits per heavy atom. The minimum absolute atomic E-state index is 0.0385. The van der Waals surface area contributed by atoms with Gasteiger partial charge in [0.15, 0.2) is 0 Å². The monoisotopic (exact) mass is 243 g/mol. The van der Waals surface area contributed by atoms with Crippen LogP contribution in [0.25, 0.3) is 0 Å². The second kappa shape index (κ2) is 9.80. The van der Waals surface area contributed by atoms with Gasteiger partial charge in [0.05, 0.1) is 13.2 Å². The number of urea groups is 1. The molecule has 6 nitrogen and oxygen atoms in total. The molecule has 0 saturated heterocycles. The Balaban J connectivity index is 3.95. The molecule has 3 amide bonds. The van der Waals surface area contributed by atoms with E-state index in [4.69, 9.17) is 5.11 Å².